The molecular formula is C22H18N2O3S. The van der Waals surface area contributed by atoms with Gasteiger partial charge in [-0.2, -0.15) is 0 Å². The summed E-state index contributed by atoms with van der Waals surface area (Å²) in [4.78, 5) is 32.3. The van der Waals surface area contributed by atoms with Crippen LogP contribution in [0, 0.1) is 0 Å². The van der Waals surface area contributed by atoms with E-state index in [2.05, 4.69) is 0 Å². The molecule has 140 valence electrons. The average Bonchev–Trinajstić information content (AvgIpc) is 3.17. The van der Waals surface area contributed by atoms with Crippen LogP contribution in [0.4, 0.5) is 0 Å². The van der Waals surface area contributed by atoms with E-state index in [0.29, 0.717) is 12.1 Å². The van der Waals surface area contributed by atoms with Gasteiger partial charge in [-0.15, -0.1) is 11.3 Å². The van der Waals surface area contributed by atoms with E-state index in [0.717, 1.165) is 39.9 Å². The zero-order chi connectivity index (χ0) is 19.1. The minimum absolute atomic E-state index is 0.0895. The summed E-state index contributed by atoms with van der Waals surface area (Å²) in [7, 11) is 0. The third kappa shape index (κ3) is 2.90. The quantitative estimate of drug-likeness (QED) is 0.463. The molecule has 1 atom stereocenters. The lowest BCUT2D eigenvalue weighted by atomic mass is 10.0. The molecule has 1 unspecified atom stereocenters. The van der Waals surface area contributed by atoms with Crippen molar-refractivity contribution in [1.82, 2.24) is 9.88 Å². The van der Waals surface area contributed by atoms with Gasteiger partial charge in [0.15, 0.2) is 0 Å². The van der Waals surface area contributed by atoms with Crippen LogP contribution in [0.25, 0.3) is 21.2 Å². The summed E-state index contributed by atoms with van der Waals surface area (Å²) in [5.74, 6) is -0.275. The maximum Gasteiger partial charge on any atom is 0.349 e. The largest absolute Gasteiger partial charge is 0.422 e. The molecule has 2 aromatic carbocycles. The van der Waals surface area contributed by atoms with Gasteiger partial charge in [0.25, 0.3) is 5.91 Å². The number of para-hydroxylation sites is 2. The number of carbonyl (C=O) groups excluding carboxylic acids is 1. The van der Waals surface area contributed by atoms with Crippen LogP contribution < -0.4 is 5.63 Å². The van der Waals surface area contributed by atoms with Crippen molar-refractivity contribution in [3.63, 3.8) is 0 Å². The van der Waals surface area contributed by atoms with E-state index in [-0.39, 0.29) is 17.5 Å². The predicted molar refractivity (Wildman–Crippen MR) is 110 cm³/mol. The van der Waals surface area contributed by atoms with Gasteiger partial charge in [0, 0.05) is 11.9 Å². The fourth-order valence-electron chi connectivity index (χ4n) is 3.83. The number of thiazole rings is 1. The van der Waals surface area contributed by atoms with Gasteiger partial charge < -0.3 is 9.32 Å². The Labute approximate surface area is 165 Å². The molecule has 1 saturated heterocycles. The number of carbonyl (C=O) groups is 1. The van der Waals surface area contributed by atoms with Crippen molar-refractivity contribution in [2.45, 2.75) is 25.3 Å². The fourth-order valence-corrected chi connectivity index (χ4v) is 4.94. The van der Waals surface area contributed by atoms with Crippen molar-refractivity contribution in [1.29, 1.82) is 0 Å². The smallest absolute Gasteiger partial charge is 0.349 e. The van der Waals surface area contributed by atoms with Crippen LogP contribution in [-0.2, 0) is 0 Å². The Hall–Kier alpha value is -2.99. The number of benzene rings is 2. The molecule has 2 aromatic heterocycles. The number of rotatable bonds is 2. The fraction of sp³-hybridized carbons (Fsp3) is 0.227. The minimum atomic E-state index is -0.586. The lowest BCUT2D eigenvalue weighted by Crippen LogP contribution is -2.40. The Morgan fingerprint density at radius 3 is 2.82 bits per heavy atom. The molecular weight excluding hydrogens is 372 g/mol. The highest BCUT2D eigenvalue weighted by atomic mass is 32.1. The molecule has 1 aliphatic heterocycles. The van der Waals surface area contributed by atoms with Crippen LogP contribution in [0.2, 0.25) is 0 Å². The highest BCUT2D eigenvalue weighted by molar-refractivity contribution is 7.18. The predicted octanol–water partition coefficient (Wildman–Crippen LogP) is 4.77. The van der Waals surface area contributed by atoms with Crippen molar-refractivity contribution in [3.8, 4) is 0 Å². The van der Waals surface area contributed by atoms with Gasteiger partial charge >= 0.3 is 5.63 Å². The molecule has 5 nitrogen and oxygen atoms in total. The van der Waals surface area contributed by atoms with Gasteiger partial charge in [0.05, 0.1) is 16.3 Å². The zero-order valence-electron chi connectivity index (χ0n) is 15.1. The van der Waals surface area contributed by atoms with Gasteiger partial charge in [0.1, 0.15) is 16.2 Å². The van der Waals surface area contributed by atoms with E-state index >= 15 is 0 Å². The van der Waals surface area contributed by atoms with Crippen LogP contribution in [0.5, 0.6) is 0 Å². The molecule has 1 amide bonds. The zero-order valence-corrected chi connectivity index (χ0v) is 15.9. The van der Waals surface area contributed by atoms with E-state index in [1.807, 2.05) is 36.4 Å². The Balaban J connectivity index is 1.55. The molecule has 6 heteroatoms. The summed E-state index contributed by atoms with van der Waals surface area (Å²) in [6.45, 7) is 0.617. The van der Waals surface area contributed by atoms with E-state index < -0.39 is 5.63 Å². The maximum absolute atomic E-state index is 13.3. The van der Waals surface area contributed by atoms with Crippen LogP contribution in [0.15, 0.2) is 63.8 Å². The molecule has 4 aromatic rings. The van der Waals surface area contributed by atoms with E-state index in [4.69, 9.17) is 9.40 Å². The second kappa shape index (κ2) is 6.87. The van der Waals surface area contributed by atoms with Crippen LogP contribution in [0.3, 0.4) is 0 Å². The van der Waals surface area contributed by atoms with Crippen molar-refractivity contribution >= 4 is 38.4 Å². The number of aromatic nitrogens is 1. The van der Waals surface area contributed by atoms with Gasteiger partial charge in [-0.3, -0.25) is 4.79 Å². The molecule has 0 N–H and O–H groups in total. The maximum atomic E-state index is 13.3. The molecule has 28 heavy (non-hydrogen) atoms. The number of nitrogens with zero attached hydrogens (tertiary/aromatic N) is 2. The van der Waals surface area contributed by atoms with Gasteiger partial charge in [0.2, 0.25) is 0 Å². The summed E-state index contributed by atoms with van der Waals surface area (Å²) in [5.41, 5.74) is 0.945. The Bertz CT molecular complexity index is 1210. The lowest BCUT2D eigenvalue weighted by molar-refractivity contribution is 0.0607. The molecule has 0 radical (unpaired) electrons. The second-order valence-electron chi connectivity index (χ2n) is 7.02. The summed E-state index contributed by atoms with van der Waals surface area (Å²) in [6, 6.07) is 16.8. The molecule has 5 rings (SSSR count). The third-order valence-electron chi connectivity index (χ3n) is 5.23. The van der Waals surface area contributed by atoms with Crippen LogP contribution in [-0.4, -0.2) is 22.3 Å². The monoisotopic (exact) mass is 390 g/mol. The summed E-state index contributed by atoms with van der Waals surface area (Å²) in [5, 5.41) is 1.68. The molecule has 1 aliphatic rings. The highest BCUT2D eigenvalue weighted by Gasteiger charge is 2.32. The average molecular weight is 390 g/mol. The van der Waals surface area contributed by atoms with Crippen molar-refractivity contribution < 1.29 is 9.21 Å². The first kappa shape index (κ1) is 17.1. The van der Waals surface area contributed by atoms with Crippen molar-refractivity contribution in [2.24, 2.45) is 0 Å². The van der Waals surface area contributed by atoms with Crippen molar-refractivity contribution in [3.05, 3.63) is 75.6 Å². The Kier molecular flexibility index (Phi) is 4.20. The first-order valence-electron chi connectivity index (χ1n) is 9.40. The second-order valence-corrected chi connectivity index (χ2v) is 8.08. The van der Waals surface area contributed by atoms with Crippen molar-refractivity contribution in [2.75, 3.05) is 6.54 Å². The van der Waals surface area contributed by atoms with Gasteiger partial charge in [-0.1, -0.05) is 30.3 Å². The number of hydrogen-bond donors (Lipinski definition) is 0. The Morgan fingerprint density at radius 1 is 1.11 bits per heavy atom. The number of likely N-dealkylation sites (tertiary alicyclic amines) is 1. The first-order valence-corrected chi connectivity index (χ1v) is 10.2. The summed E-state index contributed by atoms with van der Waals surface area (Å²) in [6.07, 6.45) is 2.81. The highest BCUT2D eigenvalue weighted by Crippen LogP contribution is 2.36. The van der Waals surface area contributed by atoms with Crippen LogP contribution >= 0.6 is 11.3 Å². The third-order valence-corrected chi connectivity index (χ3v) is 6.37. The molecule has 3 heterocycles. The number of hydrogen-bond acceptors (Lipinski definition) is 5. The topological polar surface area (TPSA) is 63.4 Å². The molecule has 0 saturated carbocycles. The number of amides is 1. The van der Waals surface area contributed by atoms with Crippen LogP contribution in [0.1, 0.15) is 40.7 Å². The van der Waals surface area contributed by atoms with E-state index in [1.54, 1.807) is 34.4 Å². The molecule has 0 bridgehead atoms. The summed E-state index contributed by atoms with van der Waals surface area (Å²) < 4.78 is 6.49. The van der Waals surface area contributed by atoms with E-state index in [9.17, 15) is 9.59 Å². The standard InChI is InChI=1S/C22H18N2O3S/c25-21(15-13-14-7-1-3-10-18(14)27-22(15)26)24-12-6-5-9-17(24)20-23-16-8-2-4-11-19(16)28-20/h1-4,7-8,10-11,13,17H,5-6,9,12H2. The number of piperidine rings is 1. The lowest BCUT2D eigenvalue weighted by Gasteiger charge is -2.34. The van der Waals surface area contributed by atoms with E-state index in [1.165, 1.54) is 0 Å². The molecule has 0 spiro atoms. The molecule has 0 aliphatic carbocycles. The SMILES string of the molecule is O=C(c1cc2ccccc2oc1=O)N1CCCCC1c1nc2ccccc2s1. The minimum Gasteiger partial charge on any atom is -0.422 e. The molecule has 1 fully saturated rings. The Morgan fingerprint density at radius 2 is 1.93 bits per heavy atom. The summed E-state index contributed by atoms with van der Waals surface area (Å²) >= 11 is 1.62. The van der Waals surface area contributed by atoms with Gasteiger partial charge in [-0.25, -0.2) is 9.78 Å². The normalized spacial score (nSPS) is 17.3. The van der Waals surface area contributed by atoms with Gasteiger partial charge in [-0.05, 0) is 43.5 Å². The first-order chi connectivity index (χ1) is 13.7. The number of fused-ring (bicyclic) bond motifs is 2.